The molecule has 0 spiro atoms. The fourth-order valence-corrected chi connectivity index (χ4v) is 4.10. The molecule has 4 rings (SSSR count). The Morgan fingerprint density at radius 3 is 2.76 bits per heavy atom. The molecule has 150 valence electrons. The van der Waals surface area contributed by atoms with Gasteiger partial charge in [-0.3, -0.25) is 14.8 Å². The van der Waals surface area contributed by atoms with Crippen LogP contribution in [0.2, 0.25) is 0 Å². The molecule has 8 heteroatoms. The third kappa shape index (κ3) is 4.71. The van der Waals surface area contributed by atoms with E-state index in [2.05, 4.69) is 15.4 Å². The lowest BCUT2D eigenvalue weighted by Crippen LogP contribution is -2.14. The normalized spacial score (nSPS) is 14.5. The van der Waals surface area contributed by atoms with Crippen molar-refractivity contribution in [1.29, 1.82) is 0 Å². The van der Waals surface area contributed by atoms with Crippen LogP contribution in [0.3, 0.4) is 0 Å². The monoisotopic (exact) mass is 410 g/mol. The lowest BCUT2D eigenvalue weighted by molar-refractivity contribution is 0.0733. The van der Waals surface area contributed by atoms with Crippen molar-refractivity contribution in [1.82, 2.24) is 14.8 Å². The average Bonchev–Trinajstić information content (AvgIpc) is 3.38. The van der Waals surface area contributed by atoms with Crippen LogP contribution in [0.15, 0.2) is 42.9 Å². The Kier molecular flexibility index (Phi) is 5.71. The number of hydrogen-bond acceptors (Lipinski definition) is 6. The highest BCUT2D eigenvalue weighted by atomic mass is 32.1. The Bertz CT molecular complexity index is 1020. The number of hydrogen-bond donors (Lipinski definition) is 1. The summed E-state index contributed by atoms with van der Waals surface area (Å²) in [5.74, 6) is -0.481. The fraction of sp³-hybridized carbons (Fsp3) is 0.333. The van der Waals surface area contributed by atoms with Crippen LogP contribution in [-0.2, 0) is 0 Å². The summed E-state index contributed by atoms with van der Waals surface area (Å²) in [5.41, 5.74) is 0.796. The highest BCUT2D eigenvalue weighted by Gasteiger charge is 2.19. The van der Waals surface area contributed by atoms with Crippen LogP contribution in [0.5, 0.6) is 5.75 Å². The molecule has 1 amide bonds. The molecule has 0 aliphatic heterocycles. The quantitative estimate of drug-likeness (QED) is 0.490. The van der Waals surface area contributed by atoms with E-state index in [0.717, 1.165) is 17.7 Å². The smallest absolute Gasteiger partial charge is 0.346 e. The maximum Gasteiger partial charge on any atom is 0.346 e. The van der Waals surface area contributed by atoms with Crippen molar-refractivity contribution < 1.29 is 14.3 Å². The first kappa shape index (κ1) is 19.3. The molecule has 2 aromatic heterocycles. The summed E-state index contributed by atoms with van der Waals surface area (Å²) < 4.78 is 7.33. The predicted octanol–water partition coefficient (Wildman–Crippen LogP) is 4.62. The molecule has 0 atom stereocenters. The number of aryl methyl sites for hydroxylation is 1. The van der Waals surface area contributed by atoms with Gasteiger partial charge in [-0.15, -0.1) is 11.3 Å². The second kappa shape index (κ2) is 8.57. The largest absolute Gasteiger partial charge is 0.423 e. The third-order valence-electron chi connectivity index (χ3n) is 4.93. The molecule has 1 aliphatic rings. The molecular weight excluding hydrogens is 388 g/mol. The van der Waals surface area contributed by atoms with Gasteiger partial charge in [0.2, 0.25) is 0 Å². The molecule has 1 aliphatic carbocycles. The van der Waals surface area contributed by atoms with E-state index in [-0.39, 0.29) is 5.91 Å². The average molecular weight is 410 g/mol. The van der Waals surface area contributed by atoms with E-state index >= 15 is 0 Å². The lowest BCUT2D eigenvalue weighted by atomic mass is 9.96. The molecule has 1 aromatic carbocycles. The van der Waals surface area contributed by atoms with E-state index in [9.17, 15) is 9.59 Å². The highest BCUT2D eigenvalue weighted by Crippen LogP contribution is 2.27. The number of aromatic nitrogens is 3. The minimum atomic E-state index is -0.486. The Hall–Kier alpha value is -3.00. The SMILES string of the molecule is Cc1cnc(NC(=O)c2cccc(OC(=O)c3cnn(C4CCCCC4)c3)c2)s1. The number of ether oxygens (including phenoxy) is 1. The minimum Gasteiger partial charge on any atom is -0.423 e. The molecule has 2 heterocycles. The number of carbonyl (C=O) groups excluding carboxylic acids is 2. The maximum absolute atomic E-state index is 12.5. The molecule has 7 nitrogen and oxygen atoms in total. The van der Waals surface area contributed by atoms with Crippen molar-refractivity contribution in [2.75, 3.05) is 5.32 Å². The van der Waals surface area contributed by atoms with Gasteiger partial charge in [0, 0.05) is 22.8 Å². The Balaban J connectivity index is 1.41. The first-order valence-electron chi connectivity index (χ1n) is 9.69. The van der Waals surface area contributed by atoms with Crippen LogP contribution < -0.4 is 10.1 Å². The number of nitrogens with zero attached hydrogens (tertiary/aromatic N) is 3. The van der Waals surface area contributed by atoms with Crippen LogP contribution in [0.25, 0.3) is 0 Å². The second-order valence-electron chi connectivity index (χ2n) is 7.15. The summed E-state index contributed by atoms with van der Waals surface area (Å²) in [6.07, 6.45) is 10.8. The van der Waals surface area contributed by atoms with E-state index in [1.54, 1.807) is 36.7 Å². The topological polar surface area (TPSA) is 86.1 Å². The molecule has 29 heavy (non-hydrogen) atoms. The van der Waals surface area contributed by atoms with Crippen LogP contribution in [-0.4, -0.2) is 26.6 Å². The van der Waals surface area contributed by atoms with Crippen molar-refractivity contribution in [2.24, 2.45) is 0 Å². The van der Waals surface area contributed by atoms with Crippen LogP contribution in [0, 0.1) is 6.92 Å². The Morgan fingerprint density at radius 1 is 1.17 bits per heavy atom. The van der Waals surface area contributed by atoms with E-state index in [4.69, 9.17) is 4.74 Å². The highest BCUT2D eigenvalue weighted by molar-refractivity contribution is 7.15. The minimum absolute atomic E-state index is 0.303. The Morgan fingerprint density at radius 2 is 2.00 bits per heavy atom. The zero-order chi connectivity index (χ0) is 20.2. The van der Waals surface area contributed by atoms with Gasteiger partial charge in [-0.05, 0) is 38.0 Å². The third-order valence-corrected chi connectivity index (χ3v) is 5.76. The second-order valence-corrected chi connectivity index (χ2v) is 8.38. The molecule has 0 unspecified atom stereocenters. The summed E-state index contributed by atoms with van der Waals surface area (Å²) in [5, 5.41) is 7.62. The molecule has 1 fully saturated rings. The number of amides is 1. The van der Waals surface area contributed by atoms with Crippen molar-refractivity contribution >= 4 is 28.3 Å². The molecule has 0 bridgehead atoms. The van der Waals surface area contributed by atoms with E-state index in [1.165, 1.54) is 36.8 Å². The van der Waals surface area contributed by atoms with Gasteiger partial charge in [0.05, 0.1) is 17.8 Å². The summed E-state index contributed by atoms with van der Waals surface area (Å²) in [4.78, 5) is 30.0. The van der Waals surface area contributed by atoms with Gasteiger partial charge in [-0.1, -0.05) is 25.3 Å². The van der Waals surface area contributed by atoms with Gasteiger partial charge in [-0.25, -0.2) is 9.78 Å². The van der Waals surface area contributed by atoms with Crippen LogP contribution >= 0.6 is 11.3 Å². The van der Waals surface area contributed by atoms with Gasteiger partial charge < -0.3 is 4.74 Å². The first-order valence-corrected chi connectivity index (χ1v) is 10.5. The summed E-state index contributed by atoms with van der Waals surface area (Å²) in [6.45, 7) is 1.92. The number of carbonyl (C=O) groups is 2. The molecule has 1 saturated carbocycles. The van der Waals surface area contributed by atoms with Gasteiger partial charge in [-0.2, -0.15) is 5.10 Å². The van der Waals surface area contributed by atoms with Crippen molar-refractivity contribution in [3.8, 4) is 5.75 Å². The number of benzene rings is 1. The molecule has 1 N–H and O–H groups in total. The lowest BCUT2D eigenvalue weighted by Gasteiger charge is -2.21. The molecule has 0 saturated heterocycles. The van der Waals surface area contributed by atoms with Crippen LogP contribution in [0.1, 0.15) is 63.7 Å². The summed E-state index contributed by atoms with van der Waals surface area (Å²) in [7, 11) is 0. The van der Waals surface area contributed by atoms with Crippen molar-refractivity contribution in [2.45, 2.75) is 45.1 Å². The molecule has 0 radical (unpaired) electrons. The maximum atomic E-state index is 12.5. The number of rotatable bonds is 5. The number of anilines is 1. The van der Waals surface area contributed by atoms with Crippen molar-refractivity contribution in [3.63, 3.8) is 0 Å². The van der Waals surface area contributed by atoms with E-state index in [1.807, 2.05) is 11.6 Å². The number of esters is 1. The van der Waals surface area contributed by atoms with E-state index < -0.39 is 5.97 Å². The molecule has 3 aromatic rings. The first-order chi connectivity index (χ1) is 14.1. The summed E-state index contributed by atoms with van der Waals surface area (Å²) >= 11 is 1.40. The Labute approximate surface area is 172 Å². The van der Waals surface area contributed by atoms with Gasteiger partial charge in [0.25, 0.3) is 5.91 Å². The fourth-order valence-electron chi connectivity index (χ4n) is 3.44. The number of thiazole rings is 1. The van der Waals surface area contributed by atoms with Crippen molar-refractivity contribution in [3.05, 3.63) is 58.9 Å². The predicted molar refractivity (Wildman–Crippen MR) is 111 cm³/mol. The summed E-state index contributed by atoms with van der Waals surface area (Å²) in [6, 6.07) is 6.88. The standard InChI is InChI=1S/C21H22N4O3S/c1-14-11-22-21(29-14)24-19(26)15-6-5-9-18(10-15)28-20(27)16-12-23-25(13-16)17-7-3-2-4-8-17/h5-6,9-13,17H,2-4,7-8H2,1H3,(H,22,24,26). The van der Waals surface area contributed by atoms with E-state index in [0.29, 0.717) is 28.0 Å². The van der Waals surface area contributed by atoms with Crippen LogP contribution in [0.4, 0.5) is 5.13 Å². The zero-order valence-electron chi connectivity index (χ0n) is 16.1. The van der Waals surface area contributed by atoms with Gasteiger partial charge in [0.1, 0.15) is 5.75 Å². The van der Waals surface area contributed by atoms with Gasteiger partial charge >= 0.3 is 5.97 Å². The number of nitrogens with one attached hydrogen (secondary N) is 1. The molecular formula is C21H22N4O3S. The van der Waals surface area contributed by atoms with Gasteiger partial charge in [0.15, 0.2) is 5.13 Å². The zero-order valence-corrected chi connectivity index (χ0v) is 16.9.